The van der Waals surface area contributed by atoms with Crippen LogP contribution in [0.4, 0.5) is 13.2 Å². The Hall–Kier alpha value is -0.540. The molecule has 0 saturated heterocycles. The molecule has 1 atom stereocenters. The highest BCUT2D eigenvalue weighted by Crippen LogP contribution is 2.24. The highest BCUT2D eigenvalue weighted by molar-refractivity contribution is 5.53. The first-order valence-electron chi connectivity index (χ1n) is 3.06. The summed E-state index contributed by atoms with van der Waals surface area (Å²) >= 11 is 0. The Morgan fingerprint density at radius 3 is 2.10 bits per heavy atom. The fraction of sp³-hybridized carbons (Fsp3) is 0.833. The van der Waals surface area contributed by atoms with Gasteiger partial charge in [0.1, 0.15) is 6.04 Å². The summed E-state index contributed by atoms with van der Waals surface area (Å²) in [4.78, 5) is 3.26. The monoisotopic (exact) mass is 153 g/mol. The smallest absolute Gasteiger partial charge is 0.285 e. The van der Waals surface area contributed by atoms with E-state index in [1.165, 1.54) is 20.1 Å². The molecule has 0 aliphatic heterocycles. The molecule has 0 rings (SSSR count). The summed E-state index contributed by atoms with van der Waals surface area (Å²) in [6, 6.07) is -1.52. The molecule has 1 unspecified atom stereocenters. The Balaban J connectivity index is 4.07. The van der Waals surface area contributed by atoms with Gasteiger partial charge in [-0.15, -0.1) is 0 Å². The molecule has 0 aliphatic rings. The molecule has 0 aromatic carbocycles. The summed E-state index contributed by atoms with van der Waals surface area (Å²) < 4.78 is 35.4. The zero-order valence-electron chi connectivity index (χ0n) is 5.94. The number of nitrogens with zero attached hydrogens (tertiary/aromatic N) is 1. The number of halogens is 3. The molecule has 60 valence electrons. The summed E-state index contributed by atoms with van der Waals surface area (Å²) in [5.41, 5.74) is 0. The molecular weight excluding hydrogens is 143 g/mol. The van der Waals surface area contributed by atoms with Gasteiger partial charge in [-0.05, 0) is 19.6 Å². The molecule has 0 radical (unpaired) electrons. The normalized spacial score (nSPS) is 16.1. The van der Waals surface area contributed by atoms with Gasteiger partial charge in [0.25, 0.3) is 0 Å². The van der Waals surface area contributed by atoms with Crippen LogP contribution < -0.4 is 0 Å². The van der Waals surface area contributed by atoms with Crippen LogP contribution in [0.3, 0.4) is 0 Å². The van der Waals surface area contributed by atoms with Crippen LogP contribution in [0.25, 0.3) is 0 Å². The maximum atomic E-state index is 11.8. The van der Waals surface area contributed by atoms with Crippen LogP contribution in [0.15, 0.2) is 4.99 Å². The topological polar surface area (TPSA) is 12.4 Å². The molecule has 10 heavy (non-hydrogen) atoms. The predicted octanol–water partition coefficient (Wildman–Crippen LogP) is 2.42. The Morgan fingerprint density at radius 2 is 2.00 bits per heavy atom. The Bertz CT molecular complexity index is 117. The van der Waals surface area contributed by atoms with Crippen molar-refractivity contribution >= 4 is 6.21 Å². The number of hydrogen-bond donors (Lipinski definition) is 0. The van der Waals surface area contributed by atoms with Gasteiger partial charge in [0, 0.05) is 0 Å². The minimum absolute atomic E-state index is 0.00778. The van der Waals surface area contributed by atoms with Crippen LogP contribution in [0, 0.1) is 0 Å². The van der Waals surface area contributed by atoms with Crippen LogP contribution >= 0.6 is 0 Å². The lowest BCUT2D eigenvalue weighted by molar-refractivity contribution is -0.147. The summed E-state index contributed by atoms with van der Waals surface area (Å²) in [5.74, 6) is 0. The third kappa shape index (κ3) is 2.85. The van der Waals surface area contributed by atoms with Gasteiger partial charge in [0.15, 0.2) is 0 Å². The maximum absolute atomic E-state index is 11.8. The van der Waals surface area contributed by atoms with Crippen LogP contribution in [-0.2, 0) is 0 Å². The Morgan fingerprint density at radius 1 is 1.50 bits per heavy atom. The molecule has 0 saturated carbocycles. The second-order valence-corrected chi connectivity index (χ2v) is 1.87. The average Bonchev–Trinajstić information content (AvgIpc) is 1.80. The summed E-state index contributed by atoms with van der Waals surface area (Å²) in [6.45, 7) is 2.94. The van der Waals surface area contributed by atoms with E-state index < -0.39 is 12.2 Å². The van der Waals surface area contributed by atoms with Gasteiger partial charge in [0.2, 0.25) is 0 Å². The van der Waals surface area contributed by atoms with E-state index in [1.807, 2.05) is 0 Å². The summed E-state index contributed by atoms with van der Waals surface area (Å²) in [5, 5.41) is 0. The quantitative estimate of drug-likeness (QED) is 0.540. The second-order valence-electron chi connectivity index (χ2n) is 1.87. The van der Waals surface area contributed by atoms with E-state index in [2.05, 4.69) is 4.99 Å². The van der Waals surface area contributed by atoms with Gasteiger partial charge in [-0.1, -0.05) is 6.92 Å². The standard InChI is InChI=1S/C6H10F3N/c1-3-5(10-4-2)6(7,8)9/h4-5H,3H2,1-2H3. The lowest BCUT2D eigenvalue weighted by atomic mass is 10.2. The zero-order chi connectivity index (χ0) is 8.20. The molecule has 0 fully saturated rings. The van der Waals surface area contributed by atoms with Crippen molar-refractivity contribution in [1.29, 1.82) is 0 Å². The largest absolute Gasteiger partial charge is 0.410 e. The van der Waals surface area contributed by atoms with Crippen LogP contribution in [0.2, 0.25) is 0 Å². The first kappa shape index (κ1) is 9.46. The van der Waals surface area contributed by atoms with Gasteiger partial charge < -0.3 is 0 Å². The lowest BCUT2D eigenvalue weighted by Gasteiger charge is -2.12. The Labute approximate surface area is 58.0 Å². The van der Waals surface area contributed by atoms with Crippen molar-refractivity contribution in [3.05, 3.63) is 0 Å². The van der Waals surface area contributed by atoms with Gasteiger partial charge in [-0.3, -0.25) is 4.99 Å². The number of hydrogen-bond acceptors (Lipinski definition) is 1. The van der Waals surface area contributed by atoms with Crippen LogP contribution in [0.1, 0.15) is 20.3 Å². The molecule has 0 heterocycles. The first-order chi connectivity index (χ1) is 4.52. The molecule has 0 bridgehead atoms. The first-order valence-corrected chi connectivity index (χ1v) is 3.06. The van der Waals surface area contributed by atoms with Crippen molar-refractivity contribution in [3.63, 3.8) is 0 Å². The maximum Gasteiger partial charge on any atom is 0.410 e. The average molecular weight is 153 g/mol. The highest BCUT2D eigenvalue weighted by atomic mass is 19.4. The second kappa shape index (κ2) is 3.58. The molecule has 4 heteroatoms. The number of rotatable bonds is 2. The molecule has 0 amide bonds. The molecule has 0 N–H and O–H groups in total. The van der Waals surface area contributed by atoms with E-state index in [0.29, 0.717) is 0 Å². The van der Waals surface area contributed by atoms with Gasteiger partial charge >= 0.3 is 6.18 Å². The number of aliphatic imine (C=N–C) groups is 1. The van der Waals surface area contributed by atoms with E-state index in [-0.39, 0.29) is 6.42 Å². The van der Waals surface area contributed by atoms with Crippen LogP contribution in [-0.4, -0.2) is 18.4 Å². The summed E-state index contributed by atoms with van der Waals surface area (Å²) in [7, 11) is 0. The number of alkyl halides is 3. The Kier molecular flexibility index (Phi) is 3.39. The van der Waals surface area contributed by atoms with Crippen molar-refractivity contribution in [2.45, 2.75) is 32.5 Å². The third-order valence-corrected chi connectivity index (χ3v) is 1.09. The highest BCUT2D eigenvalue weighted by Gasteiger charge is 2.37. The van der Waals surface area contributed by atoms with Gasteiger partial charge in [-0.25, -0.2) is 0 Å². The lowest BCUT2D eigenvalue weighted by Crippen LogP contribution is -2.25. The third-order valence-electron chi connectivity index (χ3n) is 1.09. The van der Waals surface area contributed by atoms with E-state index >= 15 is 0 Å². The van der Waals surface area contributed by atoms with Gasteiger partial charge in [-0.2, -0.15) is 13.2 Å². The van der Waals surface area contributed by atoms with E-state index in [0.717, 1.165) is 0 Å². The fourth-order valence-electron chi connectivity index (χ4n) is 0.601. The van der Waals surface area contributed by atoms with E-state index in [4.69, 9.17) is 0 Å². The van der Waals surface area contributed by atoms with Crippen molar-refractivity contribution in [1.82, 2.24) is 0 Å². The minimum atomic E-state index is -4.18. The zero-order valence-corrected chi connectivity index (χ0v) is 5.94. The van der Waals surface area contributed by atoms with Crippen molar-refractivity contribution in [3.8, 4) is 0 Å². The van der Waals surface area contributed by atoms with E-state index in [1.54, 1.807) is 0 Å². The SMILES string of the molecule is CC=NC(CC)C(F)(F)F. The van der Waals surface area contributed by atoms with Crippen LogP contribution in [0.5, 0.6) is 0 Å². The molecule has 0 aromatic rings. The van der Waals surface area contributed by atoms with Crippen molar-refractivity contribution in [2.75, 3.05) is 0 Å². The summed E-state index contributed by atoms with van der Waals surface area (Å²) in [6.07, 6.45) is -2.99. The van der Waals surface area contributed by atoms with Gasteiger partial charge in [0.05, 0.1) is 0 Å². The predicted molar refractivity (Wildman–Crippen MR) is 34.3 cm³/mol. The molecule has 1 nitrogen and oxygen atoms in total. The van der Waals surface area contributed by atoms with E-state index in [9.17, 15) is 13.2 Å². The molecular formula is C6H10F3N. The van der Waals surface area contributed by atoms with Crippen molar-refractivity contribution in [2.24, 2.45) is 4.99 Å². The molecule has 0 aromatic heterocycles. The van der Waals surface area contributed by atoms with Crippen molar-refractivity contribution < 1.29 is 13.2 Å². The fourth-order valence-corrected chi connectivity index (χ4v) is 0.601. The minimum Gasteiger partial charge on any atom is -0.285 e. The molecule has 0 aliphatic carbocycles. The molecule has 0 spiro atoms.